The van der Waals surface area contributed by atoms with E-state index in [0.29, 0.717) is 5.69 Å². The standard InChI is InChI=1S/C11H14F3N3O2S/c1-3-19-9(18)8-6-16-10(17-7(8)2)15-4-5-20-11(12,13)14/h6H,3-5H2,1-2H3,(H,15,16,17). The van der Waals surface area contributed by atoms with Crippen molar-refractivity contribution in [3.05, 3.63) is 17.5 Å². The van der Waals surface area contributed by atoms with E-state index in [2.05, 4.69) is 15.3 Å². The molecular weight excluding hydrogens is 295 g/mol. The van der Waals surface area contributed by atoms with Gasteiger partial charge in [0, 0.05) is 18.5 Å². The molecule has 0 radical (unpaired) electrons. The van der Waals surface area contributed by atoms with Gasteiger partial charge in [0.1, 0.15) is 0 Å². The van der Waals surface area contributed by atoms with Gasteiger partial charge in [0.05, 0.1) is 17.9 Å². The summed E-state index contributed by atoms with van der Waals surface area (Å²) in [7, 11) is 0. The predicted molar refractivity (Wildman–Crippen MR) is 69.7 cm³/mol. The van der Waals surface area contributed by atoms with Gasteiger partial charge in [-0.05, 0) is 25.6 Å². The molecule has 0 bridgehead atoms. The number of ether oxygens (including phenoxy) is 1. The van der Waals surface area contributed by atoms with Crippen molar-refractivity contribution in [2.24, 2.45) is 0 Å². The summed E-state index contributed by atoms with van der Waals surface area (Å²) in [6, 6.07) is 0. The highest BCUT2D eigenvalue weighted by Crippen LogP contribution is 2.29. The first-order valence-corrected chi connectivity index (χ1v) is 6.77. The van der Waals surface area contributed by atoms with Crippen molar-refractivity contribution in [3.8, 4) is 0 Å². The summed E-state index contributed by atoms with van der Waals surface area (Å²) in [4.78, 5) is 19.4. The summed E-state index contributed by atoms with van der Waals surface area (Å²) in [6.45, 7) is 3.60. The van der Waals surface area contributed by atoms with Crippen LogP contribution in [0.1, 0.15) is 23.0 Å². The van der Waals surface area contributed by atoms with Crippen LogP contribution in [0.25, 0.3) is 0 Å². The monoisotopic (exact) mass is 309 g/mol. The smallest absolute Gasteiger partial charge is 0.441 e. The highest BCUT2D eigenvalue weighted by molar-refractivity contribution is 8.00. The van der Waals surface area contributed by atoms with Crippen LogP contribution in [0.3, 0.4) is 0 Å². The number of alkyl halides is 3. The van der Waals surface area contributed by atoms with Gasteiger partial charge < -0.3 is 10.1 Å². The van der Waals surface area contributed by atoms with E-state index in [1.165, 1.54) is 6.20 Å². The second-order valence-electron chi connectivity index (χ2n) is 3.63. The minimum absolute atomic E-state index is 0.0718. The van der Waals surface area contributed by atoms with Gasteiger partial charge in [0.25, 0.3) is 0 Å². The lowest BCUT2D eigenvalue weighted by Crippen LogP contribution is -2.14. The molecule has 0 fully saturated rings. The number of carbonyl (C=O) groups is 1. The van der Waals surface area contributed by atoms with E-state index in [1.807, 2.05) is 0 Å². The van der Waals surface area contributed by atoms with E-state index < -0.39 is 11.5 Å². The van der Waals surface area contributed by atoms with Crippen LogP contribution in [0.15, 0.2) is 6.20 Å². The summed E-state index contributed by atoms with van der Waals surface area (Å²) in [5, 5.41) is 2.66. The maximum atomic E-state index is 11.9. The lowest BCUT2D eigenvalue weighted by molar-refractivity contribution is -0.0327. The zero-order valence-electron chi connectivity index (χ0n) is 11.0. The first-order valence-electron chi connectivity index (χ1n) is 5.79. The minimum Gasteiger partial charge on any atom is -0.462 e. The van der Waals surface area contributed by atoms with Crippen molar-refractivity contribution >= 4 is 23.7 Å². The third-order valence-electron chi connectivity index (χ3n) is 2.13. The molecule has 0 unspecified atom stereocenters. The molecular formula is C11H14F3N3O2S. The highest BCUT2D eigenvalue weighted by Gasteiger charge is 2.27. The van der Waals surface area contributed by atoms with Crippen LogP contribution < -0.4 is 5.32 Å². The Morgan fingerprint density at radius 3 is 2.75 bits per heavy atom. The molecule has 112 valence electrons. The lowest BCUT2D eigenvalue weighted by atomic mass is 10.2. The number of rotatable bonds is 6. The van der Waals surface area contributed by atoms with Crippen molar-refractivity contribution < 1.29 is 22.7 Å². The molecule has 0 aromatic carbocycles. The summed E-state index contributed by atoms with van der Waals surface area (Å²) >= 11 is -0.121. The molecule has 1 rings (SSSR count). The number of carbonyl (C=O) groups excluding carboxylic acids is 1. The van der Waals surface area contributed by atoms with Gasteiger partial charge >= 0.3 is 11.5 Å². The number of thioether (sulfide) groups is 1. The quantitative estimate of drug-likeness (QED) is 0.644. The van der Waals surface area contributed by atoms with E-state index in [9.17, 15) is 18.0 Å². The van der Waals surface area contributed by atoms with Crippen molar-refractivity contribution in [2.75, 3.05) is 24.2 Å². The number of anilines is 1. The Hall–Kier alpha value is -1.51. The predicted octanol–water partition coefficient (Wildman–Crippen LogP) is 2.63. The summed E-state index contributed by atoms with van der Waals surface area (Å²) in [5.41, 5.74) is -3.60. The maximum absolute atomic E-state index is 11.9. The van der Waals surface area contributed by atoms with Gasteiger partial charge in [-0.3, -0.25) is 0 Å². The van der Waals surface area contributed by atoms with Gasteiger partial charge in [-0.1, -0.05) is 0 Å². The van der Waals surface area contributed by atoms with Crippen molar-refractivity contribution in [2.45, 2.75) is 19.4 Å². The molecule has 1 N–H and O–H groups in total. The van der Waals surface area contributed by atoms with Gasteiger partial charge in [-0.15, -0.1) is 0 Å². The second-order valence-corrected chi connectivity index (χ2v) is 4.79. The fraction of sp³-hybridized carbons (Fsp3) is 0.545. The summed E-state index contributed by atoms with van der Waals surface area (Å²) < 4.78 is 40.6. The van der Waals surface area contributed by atoms with Crippen LogP contribution >= 0.6 is 11.8 Å². The van der Waals surface area contributed by atoms with Crippen LogP contribution in [0, 0.1) is 6.92 Å². The Kier molecular flexibility index (Phi) is 6.05. The molecule has 0 spiro atoms. The first-order chi connectivity index (χ1) is 9.33. The third-order valence-corrected chi connectivity index (χ3v) is 2.86. The van der Waals surface area contributed by atoms with Crippen LogP contribution in [0.2, 0.25) is 0 Å². The van der Waals surface area contributed by atoms with Crippen molar-refractivity contribution in [1.29, 1.82) is 0 Å². The van der Waals surface area contributed by atoms with Gasteiger partial charge in [0.15, 0.2) is 0 Å². The normalized spacial score (nSPS) is 11.2. The number of hydrogen-bond acceptors (Lipinski definition) is 6. The highest BCUT2D eigenvalue weighted by atomic mass is 32.2. The number of hydrogen-bond donors (Lipinski definition) is 1. The van der Waals surface area contributed by atoms with E-state index in [4.69, 9.17) is 4.74 Å². The molecule has 0 saturated heterocycles. The lowest BCUT2D eigenvalue weighted by Gasteiger charge is -2.09. The Bertz CT molecular complexity index is 469. The molecule has 1 aromatic heterocycles. The molecule has 0 atom stereocenters. The summed E-state index contributed by atoms with van der Waals surface area (Å²) in [6.07, 6.45) is 1.29. The largest absolute Gasteiger partial charge is 0.462 e. The number of nitrogens with zero attached hydrogens (tertiary/aromatic N) is 2. The van der Waals surface area contributed by atoms with Crippen molar-refractivity contribution in [3.63, 3.8) is 0 Å². The van der Waals surface area contributed by atoms with Crippen LogP contribution in [0.4, 0.5) is 19.1 Å². The Morgan fingerprint density at radius 1 is 1.50 bits per heavy atom. The second kappa shape index (κ2) is 7.32. The number of aromatic nitrogens is 2. The van der Waals surface area contributed by atoms with E-state index in [-0.39, 0.29) is 42.2 Å². The number of aryl methyl sites for hydroxylation is 1. The fourth-order valence-electron chi connectivity index (χ4n) is 1.29. The topological polar surface area (TPSA) is 64.1 Å². The number of nitrogens with one attached hydrogen (secondary N) is 1. The fourth-order valence-corrected chi connectivity index (χ4v) is 1.73. The average molecular weight is 309 g/mol. The van der Waals surface area contributed by atoms with Crippen LogP contribution in [-0.2, 0) is 4.74 Å². The van der Waals surface area contributed by atoms with Gasteiger partial charge in [0.2, 0.25) is 5.95 Å². The Labute approximate surface area is 118 Å². The Balaban J connectivity index is 2.53. The third kappa shape index (κ3) is 5.64. The molecule has 0 aliphatic carbocycles. The molecule has 1 heterocycles. The molecule has 9 heteroatoms. The van der Waals surface area contributed by atoms with E-state index >= 15 is 0 Å². The number of esters is 1. The van der Waals surface area contributed by atoms with Crippen LogP contribution in [0.5, 0.6) is 0 Å². The number of halogens is 3. The molecule has 0 aliphatic heterocycles. The SMILES string of the molecule is CCOC(=O)c1cnc(NCCSC(F)(F)F)nc1C. The average Bonchev–Trinajstić information content (AvgIpc) is 2.34. The van der Waals surface area contributed by atoms with Crippen LogP contribution in [-0.4, -0.2) is 40.4 Å². The summed E-state index contributed by atoms with van der Waals surface area (Å²) in [5.74, 6) is -0.492. The maximum Gasteiger partial charge on any atom is 0.441 e. The molecule has 20 heavy (non-hydrogen) atoms. The molecule has 5 nitrogen and oxygen atoms in total. The zero-order valence-corrected chi connectivity index (χ0v) is 11.8. The first kappa shape index (κ1) is 16.5. The van der Waals surface area contributed by atoms with Gasteiger partial charge in [-0.25, -0.2) is 14.8 Å². The minimum atomic E-state index is -4.24. The molecule has 1 aromatic rings. The van der Waals surface area contributed by atoms with E-state index in [0.717, 1.165) is 0 Å². The van der Waals surface area contributed by atoms with Crippen molar-refractivity contribution in [1.82, 2.24) is 9.97 Å². The molecule has 0 aliphatic rings. The van der Waals surface area contributed by atoms with E-state index in [1.54, 1.807) is 13.8 Å². The van der Waals surface area contributed by atoms with Gasteiger partial charge in [-0.2, -0.15) is 13.2 Å². The molecule has 0 saturated carbocycles. The zero-order chi connectivity index (χ0) is 15.2. The Morgan fingerprint density at radius 2 is 2.20 bits per heavy atom. The molecule has 0 amide bonds.